The minimum atomic E-state index is 0.764. The molecule has 0 spiro atoms. The lowest BCUT2D eigenvalue weighted by Gasteiger charge is -1.99. The highest BCUT2D eigenvalue weighted by Crippen LogP contribution is 2.22. The number of nitrogens with one attached hydrogen (secondary N) is 1. The Balaban J connectivity index is 1.88. The molecule has 0 amide bonds. The van der Waals surface area contributed by atoms with E-state index in [1.54, 1.807) is 6.20 Å². The fourth-order valence-corrected chi connectivity index (χ4v) is 2.63. The number of nitrogens with zero attached hydrogens (tertiary/aromatic N) is 1. The molecule has 19 heavy (non-hydrogen) atoms. The molecule has 96 valence electrons. The molecule has 2 heterocycles. The minimum Gasteiger partial charge on any atom is -0.367 e. The molecule has 3 aromatic rings. The Morgan fingerprint density at radius 2 is 1.95 bits per heavy atom. The van der Waals surface area contributed by atoms with Gasteiger partial charge in [-0.1, -0.05) is 18.2 Å². The van der Waals surface area contributed by atoms with Crippen molar-refractivity contribution in [1.82, 2.24) is 9.55 Å². The van der Waals surface area contributed by atoms with Gasteiger partial charge in [-0.25, -0.2) is 0 Å². The zero-order valence-electron chi connectivity index (χ0n) is 10.9. The monoisotopic (exact) mass is 252 g/mol. The van der Waals surface area contributed by atoms with Crippen molar-refractivity contribution >= 4 is 17.2 Å². The first-order valence-electron chi connectivity index (χ1n) is 6.43. The Kier molecular flexibility index (Phi) is 2.95. The number of aromatic amines is 1. The van der Waals surface area contributed by atoms with E-state index in [9.17, 15) is 4.79 Å². The molecule has 0 saturated heterocycles. The Morgan fingerprint density at radius 3 is 2.79 bits per heavy atom. The molecule has 0 radical (unpaired) electrons. The topological polar surface area (TPSA) is 37.8 Å². The van der Waals surface area contributed by atoms with Crippen molar-refractivity contribution in [2.45, 2.75) is 12.8 Å². The molecule has 3 nitrogen and oxygen atoms in total. The molecule has 0 aliphatic carbocycles. The fraction of sp³-hybridized carbons (Fsp3) is 0.188. The summed E-state index contributed by atoms with van der Waals surface area (Å²) in [6.45, 7) is 0. The minimum absolute atomic E-state index is 0.764. The summed E-state index contributed by atoms with van der Waals surface area (Å²) in [6, 6.07) is 8.41. The van der Waals surface area contributed by atoms with Crippen molar-refractivity contribution < 1.29 is 4.79 Å². The van der Waals surface area contributed by atoms with Crippen LogP contribution in [0.3, 0.4) is 0 Å². The van der Waals surface area contributed by atoms with Crippen LogP contribution >= 0.6 is 0 Å². The van der Waals surface area contributed by atoms with Gasteiger partial charge >= 0.3 is 0 Å². The molecule has 0 aliphatic rings. The van der Waals surface area contributed by atoms with Crippen LogP contribution in [0.5, 0.6) is 0 Å². The number of carbonyl (C=O) groups excluding carboxylic acids is 1. The van der Waals surface area contributed by atoms with Crippen LogP contribution in [-0.4, -0.2) is 15.8 Å². The van der Waals surface area contributed by atoms with Gasteiger partial charge in [0.1, 0.15) is 0 Å². The zero-order valence-corrected chi connectivity index (χ0v) is 10.9. The number of benzene rings is 1. The lowest BCUT2D eigenvalue weighted by Crippen LogP contribution is -1.92. The lowest BCUT2D eigenvalue weighted by molar-refractivity contribution is 0.112. The Hall–Kier alpha value is -2.29. The zero-order chi connectivity index (χ0) is 13.2. The predicted octanol–water partition coefficient (Wildman–Crippen LogP) is 3.10. The number of fused-ring (bicyclic) bond motifs is 1. The van der Waals surface area contributed by atoms with Gasteiger partial charge in [-0.2, -0.15) is 0 Å². The van der Waals surface area contributed by atoms with Crippen LogP contribution in [0.1, 0.15) is 21.5 Å². The molecule has 1 aromatic carbocycles. The molecule has 3 heteroatoms. The first-order chi connectivity index (χ1) is 9.29. The van der Waals surface area contributed by atoms with Crippen LogP contribution in [0.2, 0.25) is 0 Å². The van der Waals surface area contributed by atoms with E-state index in [0.717, 1.165) is 30.3 Å². The summed E-state index contributed by atoms with van der Waals surface area (Å²) in [5.74, 6) is 0. The van der Waals surface area contributed by atoms with Gasteiger partial charge in [0, 0.05) is 42.1 Å². The number of aryl methyl sites for hydroxylation is 3. The van der Waals surface area contributed by atoms with Gasteiger partial charge in [-0.05, 0) is 30.0 Å². The summed E-state index contributed by atoms with van der Waals surface area (Å²) in [7, 11) is 2.07. The van der Waals surface area contributed by atoms with Crippen molar-refractivity contribution in [3.63, 3.8) is 0 Å². The van der Waals surface area contributed by atoms with Crippen LogP contribution in [0.25, 0.3) is 10.9 Å². The number of aldehydes is 1. The van der Waals surface area contributed by atoms with E-state index in [1.807, 2.05) is 6.20 Å². The molecule has 0 fully saturated rings. The SMILES string of the molecule is Cn1cc(CCc2c[nH]cc2C=O)c2ccccc21. The fourth-order valence-electron chi connectivity index (χ4n) is 2.63. The molecule has 1 N–H and O–H groups in total. The standard InChI is InChI=1S/C16H16N2O/c1-18-10-13(15-4-2-3-5-16(15)18)7-6-12-8-17-9-14(12)11-19/h2-5,8-11,17H,6-7H2,1H3. The molecule has 0 atom stereocenters. The maximum Gasteiger partial charge on any atom is 0.151 e. The second-order valence-corrected chi connectivity index (χ2v) is 4.84. The van der Waals surface area contributed by atoms with Gasteiger partial charge in [0.2, 0.25) is 0 Å². The van der Waals surface area contributed by atoms with E-state index < -0.39 is 0 Å². The van der Waals surface area contributed by atoms with Gasteiger partial charge in [-0.15, -0.1) is 0 Å². The molecule has 0 saturated carbocycles. The maximum absolute atomic E-state index is 10.9. The quantitative estimate of drug-likeness (QED) is 0.712. The first kappa shape index (κ1) is 11.8. The molecule has 3 rings (SSSR count). The molecule has 2 aromatic heterocycles. The Labute approximate surface area is 111 Å². The number of hydrogen-bond acceptors (Lipinski definition) is 1. The van der Waals surface area contributed by atoms with Crippen LogP contribution in [-0.2, 0) is 19.9 Å². The van der Waals surface area contributed by atoms with Crippen LogP contribution < -0.4 is 0 Å². The van der Waals surface area contributed by atoms with Crippen LogP contribution in [0, 0.1) is 0 Å². The highest BCUT2D eigenvalue weighted by molar-refractivity contribution is 5.84. The smallest absolute Gasteiger partial charge is 0.151 e. The number of aromatic nitrogens is 2. The van der Waals surface area contributed by atoms with Gasteiger partial charge in [0.25, 0.3) is 0 Å². The third kappa shape index (κ3) is 2.08. The molecule has 0 unspecified atom stereocenters. The molecule has 0 bridgehead atoms. The van der Waals surface area contributed by atoms with Crippen LogP contribution in [0.4, 0.5) is 0 Å². The van der Waals surface area contributed by atoms with E-state index >= 15 is 0 Å². The average Bonchev–Trinajstić information content (AvgIpc) is 3.02. The Morgan fingerprint density at radius 1 is 1.16 bits per heavy atom. The third-order valence-electron chi connectivity index (χ3n) is 3.64. The van der Waals surface area contributed by atoms with Crippen molar-refractivity contribution in [3.05, 3.63) is 59.5 Å². The predicted molar refractivity (Wildman–Crippen MR) is 76.5 cm³/mol. The summed E-state index contributed by atoms with van der Waals surface area (Å²) in [5, 5.41) is 1.30. The number of hydrogen-bond donors (Lipinski definition) is 1. The van der Waals surface area contributed by atoms with Gasteiger partial charge in [0.05, 0.1) is 0 Å². The summed E-state index contributed by atoms with van der Waals surface area (Å²) in [5.41, 5.74) is 4.43. The summed E-state index contributed by atoms with van der Waals surface area (Å²) >= 11 is 0. The molecular weight excluding hydrogens is 236 g/mol. The average molecular weight is 252 g/mol. The lowest BCUT2D eigenvalue weighted by atomic mass is 10.0. The normalized spacial score (nSPS) is 11.0. The molecular formula is C16H16N2O. The highest BCUT2D eigenvalue weighted by Gasteiger charge is 2.08. The molecule has 0 aliphatic heterocycles. The number of para-hydroxylation sites is 1. The number of H-pyrrole nitrogens is 1. The largest absolute Gasteiger partial charge is 0.367 e. The van der Waals surface area contributed by atoms with Crippen molar-refractivity contribution in [2.24, 2.45) is 7.05 Å². The van der Waals surface area contributed by atoms with E-state index in [4.69, 9.17) is 0 Å². The Bertz CT molecular complexity index is 721. The summed E-state index contributed by atoms with van der Waals surface area (Å²) in [6.07, 6.45) is 8.58. The van der Waals surface area contributed by atoms with Gasteiger partial charge < -0.3 is 9.55 Å². The highest BCUT2D eigenvalue weighted by atomic mass is 16.1. The summed E-state index contributed by atoms with van der Waals surface area (Å²) < 4.78 is 2.16. The number of carbonyl (C=O) groups is 1. The van der Waals surface area contributed by atoms with Gasteiger partial charge in [-0.3, -0.25) is 4.79 Å². The third-order valence-corrected chi connectivity index (χ3v) is 3.64. The second-order valence-electron chi connectivity index (χ2n) is 4.84. The summed E-state index contributed by atoms with van der Waals surface area (Å²) in [4.78, 5) is 13.9. The van der Waals surface area contributed by atoms with E-state index in [-0.39, 0.29) is 0 Å². The van der Waals surface area contributed by atoms with E-state index in [2.05, 4.69) is 47.1 Å². The van der Waals surface area contributed by atoms with Gasteiger partial charge in [0.15, 0.2) is 6.29 Å². The maximum atomic E-state index is 10.9. The second kappa shape index (κ2) is 4.76. The van der Waals surface area contributed by atoms with Crippen molar-refractivity contribution in [2.75, 3.05) is 0 Å². The van der Waals surface area contributed by atoms with Crippen LogP contribution in [0.15, 0.2) is 42.9 Å². The first-order valence-corrected chi connectivity index (χ1v) is 6.43. The van der Waals surface area contributed by atoms with E-state index in [1.165, 1.54) is 16.5 Å². The number of rotatable bonds is 4. The van der Waals surface area contributed by atoms with Crippen molar-refractivity contribution in [3.8, 4) is 0 Å². The van der Waals surface area contributed by atoms with E-state index in [0.29, 0.717) is 0 Å². The van der Waals surface area contributed by atoms with Crippen molar-refractivity contribution in [1.29, 1.82) is 0 Å².